The van der Waals surface area contributed by atoms with Crippen molar-refractivity contribution in [1.29, 1.82) is 0 Å². The number of thiophene rings is 1. The molecule has 0 bridgehead atoms. The molecule has 2 heterocycles. The summed E-state index contributed by atoms with van der Waals surface area (Å²) < 4.78 is 1.94. The minimum absolute atomic E-state index is 0.327. The second kappa shape index (κ2) is 6.57. The molecule has 4 heteroatoms. The lowest BCUT2D eigenvalue weighted by Gasteiger charge is -2.10. The van der Waals surface area contributed by atoms with E-state index in [1.165, 1.54) is 4.88 Å². The van der Waals surface area contributed by atoms with Crippen LogP contribution in [0.25, 0.3) is 16.3 Å². The molecule has 4 rings (SSSR count). The van der Waals surface area contributed by atoms with Crippen molar-refractivity contribution in [2.45, 2.75) is 13.3 Å². The van der Waals surface area contributed by atoms with Crippen molar-refractivity contribution >= 4 is 11.3 Å². The fourth-order valence-corrected chi connectivity index (χ4v) is 3.76. The Morgan fingerprint density at radius 1 is 0.960 bits per heavy atom. The molecule has 0 aliphatic carbocycles. The average molecular weight is 346 g/mol. The molecule has 0 radical (unpaired) electrons. The highest BCUT2D eigenvalue weighted by Crippen LogP contribution is 2.29. The number of aromatic nitrogens is 2. The standard InChI is InChI=1S/C21H18N2OS/c1-15-14-23(22-21(15)20-11-6-12-25-20)18-9-4-2-7-16(18)13-17-8-3-5-10-19(17)24/h2-12,14,24H,13H2,1H3. The topological polar surface area (TPSA) is 38.0 Å². The summed E-state index contributed by atoms with van der Waals surface area (Å²) in [6.07, 6.45) is 2.73. The number of hydrogen-bond donors (Lipinski definition) is 1. The van der Waals surface area contributed by atoms with E-state index in [2.05, 4.69) is 36.7 Å². The Kier molecular flexibility index (Phi) is 4.12. The molecule has 0 aliphatic rings. The highest BCUT2D eigenvalue weighted by Gasteiger charge is 2.13. The molecule has 4 aromatic rings. The van der Waals surface area contributed by atoms with Crippen LogP contribution in [0.1, 0.15) is 16.7 Å². The van der Waals surface area contributed by atoms with Gasteiger partial charge in [0.2, 0.25) is 0 Å². The quantitative estimate of drug-likeness (QED) is 0.551. The Labute approximate surface area is 150 Å². The van der Waals surface area contributed by atoms with E-state index >= 15 is 0 Å². The maximum atomic E-state index is 10.1. The fourth-order valence-electron chi connectivity index (χ4n) is 2.99. The van der Waals surface area contributed by atoms with E-state index in [0.717, 1.165) is 28.1 Å². The highest BCUT2D eigenvalue weighted by molar-refractivity contribution is 7.13. The number of para-hydroxylation sites is 2. The molecular formula is C21H18N2OS. The summed E-state index contributed by atoms with van der Waals surface area (Å²) in [7, 11) is 0. The molecule has 2 aromatic carbocycles. The summed E-state index contributed by atoms with van der Waals surface area (Å²) >= 11 is 1.70. The maximum Gasteiger partial charge on any atom is 0.119 e. The molecule has 0 fully saturated rings. The van der Waals surface area contributed by atoms with Crippen LogP contribution in [0.5, 0.6) is 5.75 Å². The van der Waals surface area contributed by atoms with Crippen LogP contribution in [0.15, 0.2) is 72.2 Å². The van der Waals surface area contributed by atoms with Crippen LogP contribution in [0.2, 0.25) is 0 Å². The third kappa shape index (κ3) is 3.08. The van der Waals surface area contributed by atoms with Gasteiger partial charge in [-0.3, -0.25) is 0 Å². The van der Waals surface area contributed by atoms with Crippen LogP contribution < -0.4 is 0 Å². The van der Waals surface area contributed by atoms with E-state index in [1.54, 1.807) is 17.4 Å². The van der Waals surface area contributed by atoms with Gasteiger partial charge in [0, 0.05) is 12.6 Å². The molecule has 2 aromatic heterocycles. The second-order valence-corrected chi connectivity index (χ2v) is 6.96. The van der Waals surface area contributed by atoms with Gasteiger partial charge >= 0.3 is 0 Å². The largest absolute Gasteiger partial charge is 0.508 e. The van der Waals surface area contributed by atoms with Crippen LogP contribution in [0.4, 0.5) is 0 Å². The lowest BCUT2D eigenvalue weighted by atomic mass is 10.0. The smallest absolute Gasteiger partial charge is 0.119 e. The van der Waals surface area contributed by atoms with Crippen molar-refractivity contribution in [2.24, 2.45) is 0 Å². The summed E-state index contributed by atoms with van der Waals surface area (Å²) in [6.45, 7) is 2.09. The highest BCUT2D eigenvalue weighted by atomic mass is 32.1. The third-order valence-electron chi connectivity index (χ3n) is 4.26. The molecule has 0 amide bonds. The zero-order valence-corrected chi connectivity index (χ0v) is 14.7. The van der Waals surface area contributed by atoms with E-state index in [9.17, 15) is 5.11 Å². The van der Waals surface area contributed by atoms with Gasteiger partial charge in [-0.25, -0.2) is 4.68 Å². The van der Waals surface area contributed by atoms with Gasteiger partial charge < -0.3 is 5.11 Å². The van der Waals surface area contributed by atoms with Gasteiger partial charge in [0.1, 0.15) is 11.4 Å². The molecule has 0 saturated heterocycles. The normalized spacial score (nSPS) is 10.9. The number of hydrogen-bond acceptors (Lipinski definition) is 3. The predicted molar refractivity (Wildman–Crippen MR) is 103 cm³/mol. The number of aromatic hydroxyl groups is 1. The average Bonchev–Trinajstić information content (AvgIpc) is 3.27. The van der Waals surface area contributed by atoms with Gasteiger partial charge in [0.25, 0.3) is 0 Å². The molecule has 0 spiro atoms. The van der Waals surface area contributed by atoms with Crippen molar-refractivity contribution in [2.75, 3.05) is 0 Å². The van der Waals surface area contributed by atoms with Gasteiger partial charge in [0.15, 0.2) is 0 Å². The number of phenolic OH excluding ortho intramolecular Hbond substituents is 1. The van der Waals surface area contributed by atoms with Crippen LogP contribution in [-0.4, -0.2) is 14.9 Å². The van der Waals surface area contributed by atoms with E-state index in [1.807, 2.05) is 41.1 Å². The first-order valence-corrected chi connectivity index (χ1v) is 9.05. The third-order valence-corrected chi connectivity index (χ3v) is 5.14. The fraction of sp³-hybridized carbons (Fsp3) is 0.0952. The van der Waals surface area contributed by atoms with Crippen LogP contribution in [0.3, 0.4) is 0 Å². The second-order valence-electron chi connectivity index (χ2n) is 6.02. The zero-order valence-electron chi connectivity index (χ0n) is 13.9. The summed E-state index contributed by atoms with van der Waals surface area (Å²) in [6, 6.07) is 19.8. The molecule has 0 aliphatic heterocycles. The lowest BCUT2D eigenvalue weighted by Crippen LogP contribution is -2.01. The first-order valence-electron chi connectivity index (χ1n) is 8.17. The molecule has 25 heavy (non-hydrogen) atoms. The first kappa shape index (κ1) is 15.7. The molecule has 1 N–H and O–H groups in total. The van der Waals surface area contributed by atoms with Crippen molar-refractivity contribution in [3.63, 3.8) is 0 Å². The van der Waals surface area contributed by atoms with E-state index in [-0.39, 0.29) is 0 Å². The number of nitrogens with zero attached hydrogens (tertiary/aromatic N) is 2. The van der Waals surface area contributed by atoms with Crippen molar-refractivity contribution in [3.8, 4) is 22.0 Å². The van der Waals surface area contributed by atoms with Crippen LogP contribution >= 0.6 is 11.3 Å². The maximum absolute atomic E-state index is 10.1. The summed E-state index contributed by atoms with van der Waals surface area (Å²) in [4.78, 5) is 1.18. The lowest BCUT2D eigenvalue weighted by molar-refractivity contribution is 0.469. The molecule has 0 atom stereocenters. The van der Waals surface area contributed by atoms with Crippen molar-refractivity contribution in [3.05, 3.63) is 88.9 Å². The van der Waals surface area contributed by atoms with Gasteiger partial charge in [-0.1, -0.05) is 42.5 Å². The van der Waals surface area contributed by atoms with Crippen LogP contribution in [-0.2, 0) is 6.42 Å². The van der Waals surface area contributed by atoms with Crippen LogP contribution in [0, 0.1) is 6.92 Å². The molecule has 0 unspecified atom stereocenters. The van der Waals surface area contributed by atoms with Crippen molar-refractivity contribution in [1.82, 2.24) is 9.78 Å². The Morgan fingerprint density at radius 2 is 1.72 bits per heavy atom. The Bertz CT molecular complexity index is 1000. The minimum Gasteiger partial charge on any atom is -0.508 e. The molecule has 124 valence electrons. The Morgan fingerprint density at radius 3 is 2.48 bits per heavy atom. The summed E-state index contributed by atoms with van der Waals surface area (Å²) in [5.74, 6) is 0.327. The predicted octanol–water partition coefficient (Wildman–Crippen LogP) is 5.21. The Balaban J connectivity index is 1.75. The van der Waals surface area contributed by atoms with Gasteiger partial charge in [-0.15, -0.1) is 11.3 Å². The minimum atomic E-state index is 0.327. The summed E-state index contributed by atoms with van der Waals surface area (Å²) in [5.41, 5.74) is 5.25. The SMILES string of the molecule is Cc1cn(-c2ccccc2Cc2ccccc2O)nc1-c1cccs1. The number of benzene rings is 2. The van der Waals surface area contributed by atoms with E-state index < -0.39 is 0 Å². The zero-order chi connectivity index (χ0) is 17.2. The van der Waals surface area contributed by atoms with Gasteiger partial charge in [-0.05, 0) is 47.2 Å². The Hall–Kier alpha value is -2.85. The summed E-state index contributed by atoms with van der Waals surface area (Å²) in [5, 5.41) is 17.0. The van der Waals surface area contributed by atoms with Crippen molar-refractivity contribution < 1.29 is 5.11 Å². The molecular weight excluding hydrogens is 328 g/mol. The molecule has 3 nitrogen and oxygen atoms in total. The van der Waals surface area contributed by atoms with Gasteiger partial charge in [-0.2, -0.15) is 5.10 Å². The first-order chi connectivity index (χ1) is 12.2. The van der Waals surface area contributed by atoms with Gasteiger partial charge in [0.05, 0.1) is 10.6 Å². The number of rotatable bonds is 4. The monoisotopic (exact) mass is 346 g/mol. The van der Waals surface area contributed by atoms with E-state index in [4.69, 9.17) is 5.10 Å². The number of phenols is 1. The van der Waals surface area contributed by atoms with E-state index in [0.29, 0.717) is 12.2 Å². The number of aryl methyl sites for hydroxylation is 1. The molecule has 0 saturated carbocycles.